The predicted molar refractivity (Wildman–Crippen MR) is 154 cm³/mol. The first-order valence-corrected chi connectivity index (χ1v) is 14.3. The minimum Gasteiger partial charge on any atom is -0.503 e. The summed E-state index contributed by atoms with van der Waals surface area (Å²) < 4.78 is 7.57. The van der Waals surface area contributed by atoms with Gasteiger partial charge in [-0.3, -0.25) is 14.0 Å². The molecule has 0 aliphatic carbocycles. The van der Waals surface area contributed by atoms with Crippen LogP contribution in [0.1, 0.15) is 54.2 Å². The fraction of sp³-hybridized carbons (Fsp3) is 0.367. The van der Waals surface area contributed by atoms with Crippen molar-refractivity contribution in [3.63, 3.8) is 0 Å². The molecule has 2 aromatic carbocycles. The Morgan fingerprint density at radius 2 is 1.82 bits per heavy atom. The number of ether oxygens (including phenoxy) is 1. The van der Waals surface area contributed by atoms with Crippen molar-refractivity contribution in [3.8, 4) is 5.75 Å². The highest BCUT2D eigenvalue weighted by Gasteiger charge is 2.44. The normalized spacial score (nSPS) is 15.9. The second-order valence-electron chi connectivity index (χ2n) is 9.61. The highest BCUT2D eigenvalue weighted by atomic mass is 32.1. The number of aliphatic hydroxyl groups is 1. The first kappa shape index (κ1) is 26.9. The lowest BCUT2D eigenvalue weighted by molar-refractivity contribution is -0.129. The summed E-state index contributed by atoms with van der Waals surface area (Å²) in [6.45, 7) is 11.7. The van der Waals surface area contributed by atoms with Gasteiger partial charge in [-0.1, -0.05) is 49.4 Å². The Labute approximate surface area is 232 Å². The smallest absolute Gasteiger partial charge is 0.290 e. The van der Waals surface area contributed by atoms with E-state index in [1.54, 1.807) is 4.90 Å². The van der Waals surface area contributed by atoms with E-state index >= 15 is 0 Å². The number of benzene rings is 2. The van der Waals surface area contributed by atoms with E-state index in [-0.39, 0.29) is 11.4 Å². The molecule has 0 spiro atoms. The maximum Gasteiger partial charge on any atom is 0.290 e. The van der Waals surface area contributed by atoms with Crippen molar-refractivity contribution in [2.45, 2.75) is 40.2 Å². The highest BCUT2D eigenvalue weighted by molar-refractivity contribution is 7.19. The van der Waals surface area contributed by atoms with Crippen molar-refractivity contribution in [3.05, 3.63) is 76.0 Å². The predicted octanol–water partition coefficient (Wildman–Crippen LogP) is 5.57. The van der Waals surface area contributed by atoms with Crippen LogP contribution in [0.5, 0.6) is 5.75 Å². The lowest BCUT2D eigenvalue weighted by Gasteiger charge is -2.28. The number of para-hydroxylation sites is 2. The van der Waals surface area contributed by atoms with E-state index in [0.29, 0.717) is 28.7 Å². The molecule has 3 heterocycles. The maximum absolute atomic E-state index is 14.1. The minimum atomic E-state index is -0.692. The van der Waals surface area contributed by atoms with Crippen molar-refractivity contribution >= 4 is 39.0 Å². The standard InChI is InChI=1S/C30H34N4O4S/c1-5-32(6-2)17-10-18-33-25(20-13-15-21(16-14-20)38-7-3)24(27(36)29(33)37)26(35)28-19(4)34-23-12-9-8-11-22(23)31-30(34)39-28/h8-9,11-16,25,36H,5-7,10,17-18H2,1-4H3. The summed E-state index contributed by atoms with van der Waals surface area (Å²) >= 11 is 1.28. The number of hydrogen-bond donors (Lipinski definition) is 1. The van der Waals surface area contributed by atoms with E-state index < -0.39 is 17.7 Å². The van der Waals surface area contributed by atoms with Crippen LogP contribution in [-0.2, 0) is 4.79 Å². The number of carbonyl (C=O) groups excluding carboxylic acids is 2. The van der Waals surface area contributed by atoms with Gasteiger partial charge in [0.2, 0.25) is 5.78 Å². The summed E-state index contributed by atoms with van der Waals surface area (Å²) in [6, 6.07) is 14.5. The van der Waals surface area contributed by atoms with Gasteiger partial charge >= 0.3 is 0 Å². The molecule has 2 aromatic heterocycles. The summed E-state index contributed by atoms with van der Waals surface area (Å²) in [5.74, 6) is -0.622. The number of imidazole rings is 1. The van der Waals surface area contributed by atoms with Crippen LogP contribution in [0.25, 0.3) is 16.0 Å². The number of rotatable bonds is 11. The van der Waals surface area contributed by atoms with Crippen molar-refractivity contribution in [2.75, 3.05) is 32.8 Å². The van der Waals surface area contributed by atoms with Crippen LogP contribution >= 0.6 is 11.3 Å². The topological polar surface area (TPSA) is 87.4 Å². The number of amides is 1. The molecule has 1 atom stereocenters. The second-order valence-corrected chi connectivity index (χ2v) is 10.6. The lowest BCUT2D eigenvalue weighted by atomic mass is 9.95. The van der Waals surface area contributed by atoms with Crippen LogP contribution in [0.15, 0.2) is 59.9 Å². The molecule has 0 bridgehead atoms. The molecule has 0 fully saturated rings. The highest BCUT2D eigenvalue weighted by Crippen LogP contribution is 2.41. The first-order valence-electron chi connectivity index (χ1n) is 13.5. The van der Waals surface area contributed by atoms with Gasteiger partial charge in [-0.2, -0.15) is 0 Å². The molecular formula is C30H34N4O4S. The lowest BCUT2D eigenvalue weighted by Crippen LogP contribution is -2.34. The quantitative estimate of drug-likeness (QED) is 0.248. The number of aryl methyl sites for hydroxylation is 1. The number of fused-ring (bicyclic) bond motifs is 3. The third-order valence-corrected chi connectivity index (χ3v) is 8.56. The van der Waals surface area contributed by atoms with Crippen LogP contribution in [-0.4, -0.2) is 68.8 Å². The first-order chi connectivity index (χ1) is 18.9. The summed E-state index contributed by atoms with van der Waals surface area (Å²) in [4.78, 5) is 37.3. The van der Waals surface area contributed by atoms with Crippen molar-refractivity contribution in [1.29, 1.82) is 0 Å². The van der Waals surface area contributed by atoms with Gasteiger partial charge in [-0.15, -0.1) is 0 Å². The van der Waals surface area contributed by atoms with E-state index in [1.165, 1.54) is 11.3 Å². The molecule has 39 heavy (non-hydrogen) atoms. The summed E-state index contributed by atoms with van der Waals surface area (Å²) in [5, 5.41) is 11.1. The van der Waals surface area contributed by atoms with Crippen LogP contribution in [0.3, 0.4) is 0 Å². The van der Waals surface area contributed by atoms with Crippen LogP contribution < -0.4 is 4.74 Å². The molecular weight excluding hydrogens is 512 g/mol. The Morgan fingerprint density at radius 3 is 2.51 bits per heavy atom. The molecule has 1 amide bonds. The van der Waals surface area contributed by atoms with Crippen molar-refractivity contribution in [2.24, 2.45) is 0 Å². The number of ketones is 1. The number of thiazole rings is 1. The molecule has 9 heteroatoms. The zero-order chi connectivity index (χ0) is 27.7. The Balaban J connectivity index is 1.54. The molecule has 0 saturated heterocycles. The summed E-state index contributed by atoms with van der Waals surface area (Å²) in [6.07, 6.45) is 0.730. The molecule has 1 unspecified atom stereocenters. The monoisotopic (exact) mass is 546 g/mol. The molecule has 1 N–H and O–H groups in total. The minimum absolute atomic E-state index is 0.115. The molecule has 5 rings (SSSR count). The van der Waals surface area contributed by atoms with Gasteiger partial charge in [0, 0.05) is 12.2 Å². The van der Waals surface area contributed by atoms with E-state index in [2.05, 4.69) is 23.7 Å². The number of aromatic nitrogens is 2. The second kappa shape index (κ2) is 11.2. The zero-order valence-corrected chi connectivity index (χ0v) is 23.6. The van der Waals surface area contributed by atoms with Crippen molar-refractivity contribution in [1.82, 2.24) is 19.2 Å². The SMILES string of the molecule is CCOc1ccc(C2C(C(=O)c3sc4nc5ccccc5n4c3C)=C(O)C(=O)N2CCCN(CC)CC)cc1. The van der Waals surface area contributed by atoms with E-state index in [4.69, 9.17) is 4.74 Å². The summed E-state index contributed by atoms with van der Waals surface area (Å²) in [7, 11) is 0. The van der Waals surface area contributed by atoms with Gasteiger partial charge in [-0.25, -0.2) is 4.98 Å². The molecule has 4 aromatic rings. The molecule has 1 aliphatic rings. The number of hydrogen-bond acceptors (Lipinski definition) is 7. The van der Waals surface area contributed by atoms with Gasteiger partial charge in [-0.05, 0) is 69.7 Å². The Kier molecular flexibility index (Phi) is 7.72. The zero-order valence-electron chi connectivity index (χ0n) is 22.8. The molecule has 1 aliphatic heterocycles. The number of nitrogens with zero attached hydrogens (tertiary/aromatic N) is 4. The van der Waals surface area contributed by atoms with Gasteiger partial charge in [0.1, 0.15) is 5.75 Å². The van der Waals surface area contributed by atoms with Crippen LogP contribution in [0, 0.1) is 6.92 Å². The van der Waals surface area contributed by atoms with E-state index in [9.17, 15) is 14.7 Å². The van der Waals surface area contributed by atoms with Gasteiger partial charge in [0.15, 0.2) is 10.7 Å². The number of Topliss-reactive ketones (excluding diaryl/α,β-unsaturated/α-hetero) is 1. The Hall–Kier alpha value is -3.69. The van der Waals surface area contributed by atoms with E-state index in [1.807, 2.05) is 66.8 Å². The maximum atomic E-state index is 14.1. The fourth-order valence-corrected chi connectivity index (χ4v) is 6.47. The average molecular weight is 547 g/mol. The number of aliphatic hydroxyl groups excluding tert-OH is 1. The third kappa shape index (κ3) is 4.81. The Bertz CT molecular complexity index is 1550. The van der Waals surface area contributed by atoms with Crippen LogP contribution in [0.4, 0.5) is 0 Å². The third-order valence-electron chi connectivity index (χ3n) is 7.42. The van der Waals surface area contributed by atoms with Crippen LogP contribution in [0.2, 0.25) is 0 Å². The molecule has 0 radical (unpaired) electrons. The molecule has 8 nitrogen and oxygen atoms in total. The number of carbonyl (C=O) groups is 2. The summed E-state index contributed by atoms with van der Waals surface area (Å²) in [5.41, 5.74) is 3.39. The molecule has 204 valence electrons. The van der Waals surface area contributed by atoms with Gasteiger partial charge < -0.3 is 19.6 Å². The van der Waals surface area contributed by atoms with Crippen molar-refractivity contribution < 1.29 is 19.4 Å². The average Bonchev–Trinajstić information content (AvgIpc) is 3.56. The largest absolute Gasteiger partial charge is 0.503 e. The van der Waals surface area contributed by atoms with Gasteiger partial charge in [0.25, 0.3) is 5.91 Å². The fourth-order valence-electron chi connectivity index (χ4n) is 5.38. The molecule has 0 saturated carbocycles. The van der Waals surface area contributed by atoms with E-state index in [0.717, 1.165) is 48.3 Å². The Morgan fingerprint density at radius 1 is 1.10 bits per heavy atom. The van der Waals surface area contributed by atoms with Gasteiger partial charge in [0.05, 0.1) is 34.1 Å².